The van der Waals surface area contributed by atoms with Crippen LogP contribution < -0.4 is 0 Å². The number of rotatable bonds is 21. The summed E-state index contributed by atoms with van der Waals surface area (Å²) in [7, 11) is 0. The van der Waals surface area contributed by atoms with Gasteiger partial charge in [-0.1, -0.05) is 0 Å². The van der Waals surface area contributed by atoms with Crippen molar-refractivity contribution in [1.29, 1.82) is 0 Å². The van der Waals surface area contributed by atoms with Gasteiger partial charge < -0.3 is 0 Å². The zero-order chi connectivity index (χ0) is 18.4. The second-order valence-corrected chi connectivity index (χ2v) is 9.18. The van der Waals surface area contributed by atoms with Crippen LogP contribution in [-0.2, 0) is 23.1 Å². The summed E-state index contributed by atoms with van der Waals surface area (Å²) in [6.07, 6.45) is 22.7. The molecule has 0 N–H and O–H groups in total. The molecule has 0 saturated carbocycles. The zero-order valence-electron chi connectivity index (χ0n) is 18.6. The van der Waals surface area contributed by atoms with Gasteiger partial charge in [-0.25, -0.2) is 0 Å². The summed E-state index contributed by atoms with van der Waals surface area (Å²) < 4.78 is 8.46. The maximum Gasteiger partial charge on any atom is -0.147 e. The molecule has 0 radical (unpaired) electrons. The average molecular weight is 462 g/mol. The molecule has 0 aromatic heterocycles. The van der Waals surface area contributed by atoms with Gasteiger partial charge in [0, 0.05) is 0 Å². The number of unbranched alkanes of at least 4 members (excludes halogenated alkanes) is 14. The van der Waals surface area contributed by atoms with Crippen molar-refractivity contribution in [3.63, 3.8) is 0 Å². The molecule has 0 aromatic carbocycles. The Morgan fingerprint density at radius 3 is 1.19 bits per heavy atom. The molecule has 0 aliphatic heterocycles. The van der Waals surface area contributed by atoms with Crippen LogP contribution in [0.1, 0.15) is 124 Å². The summed E-state index contributed by atoms with van der Waals surface area (Å²) in [6, 6.07) is 0. The number of halogens is 2. The van der Waals surface area contributed by atoms with Crippen LogP contribution in [0.15, 0.2) is 0 Å². The molecule has 0 atom stereocenters. The molecule has 0 aliphatic carbocycles. The predicted molar refractivity (Wildman–Crippen MR) is 123 cm³/mol. The van der Waals surface area contributed by atoms with Gasteiger partial charge in [-0.05, 0) is 0 Å². The molecule has 5 heteroatoms. The van der Waals surface area contributed by atoms with Crippen molar-refractivity contribution in [2.45, 2.75) is 124 Å². The standard InChI is InChI=1S/C20H42N.C2H5O.2ClH.Ti/c1-3-5-7-9-11-13-15-17-19-21-20-18-16-14-12-10-8-6-4-2;1-2-3;;;/h3-20H2,1-2H3;2H2,1H3;2*1H;/q2*-1;;;+2. The first-order valence-corrected chi connectivity index (χ1v) is 12.8. The predicted octanol–water partition coefficient (Wildman–Crippen LogP) is 8.36. The van der Waals surface area contributed by atoms with E-state index in [4.69, 9.17) is 3.32 Å². The van der Waals surface area contributed by atoms with Crippen molar-refractivity contribution in [1.82, 2.24) is 3.38 Å². The molecule has 0 bridgehead atoms. The van der Waals surface area contributed by atoms with Crippen molar-refractivity contribution in [2.75, 3.05) is 19.7 Å². The number of hydrogen-bond donors (Lipinski definition) is 0. The van der Waals surface area contributed by atoms with E-state index in [-0.39, 0.29) is 44.6 Å². The van der Waals surface area contributed by atoms with E-state index in [9.17, 15) is 0 Å². The Labute approximate surface area is 193 Å². The minimum Gasteiger partial charge on any atom is -0.147 e. The zero-order valence-corrected chi connectivity index (χ0v) is 21.8. The Hall–Kier alpha value is 1.21. The van der Waals surface area contributed by atoms with E-state index < -0.39 is 0 Å². The molecular formula is C22H49Cl2NOTi. The van der Waals surface area contributed by atoms with E-state index >= 15 is 0 Å². The molecule has 0 saturated heterocycles. The Bertz CT molecular complexity index is 228. The second kappa shape index (κ2) is 29.4. The fraction of sp³-hybridized carbons (Fsp3) is 1.00. The normalized spacial score (nSPS) is 10.5. The van der Waals surface area contributed by atoms with E-state index in [2.05, 4.69) is 24.2 Å². The number of nitrogens with zero attached hydrogens (tertiary/aromatic N) is 1. The molecule has 0 amide bonds. The minimum atomic E-state index is -0.315. The van der Waals surface area contributed by atoms with Gasteiger partial charge >= 0.3 is 170 Å². The summed E-state index contributed by atoms with van der Waals surface area (Å²) in [5.41, 5.74) is 0. The third-order valence-corrected chi connectivity index (χ3v) is 6.66. The summed E-state index contributed by atoms with van der Waals surface area (Å²) in [6.45, 7) is 10.2. The van der Waals surface area contributed by atoms with Crippen LogP contribution in [0.2, 0.25) is 0 Å². The molecule has 0 rings (SSSR count). The minimum absolute atomic E-state index is 0. The van der Waals surface area contributed by atoms with Crippen molar-refractivity contribution in [3.05, 3.63) is 0 Å². The molecule has 0 aliphatic rings. The molecule has 0 heterocycles. The average Bonchev–Trinajstić information content (AvgIpc) is 2.63. The SMILES string of the molecule is CCCCCCCCCC[N](CCCCCCCCCC)[Ti][O]CC.Cl.Cl. The molecule has 0 unspecified atom stereocenters. The molecule has 166 valence electrons. The number of hydrogen-bond acceptors (Lipinski definition) is 2. The van der Waals surface area contributed by atoms with Crippen LogP contribution in [-0.4, -0.2) is 23.1 Å². The molecule has 0 aromatic rings. The molecule has 27 heavy (non-hydrogen) atoms. The molecule has 2 nitrogen and oxygen atoms in total. The topological polar surface area (TPSA) is 12.5 Å². The molecule has 0 spiro atoms. The third-order valence-electron chi connectivity index (χ3n) is 4.90. The monoisotopic (exact) mass is 461 g/mol. The first-order chi connectivity index (χ1) is 12.3. The van der Waals surface area contributed by atoms with Gasteiger partial charge in [0.05, 0.1) is 0 Å². The summed E-state index contributed by atoms with van der Waals surface area (Å²) in [4.78, 5) is 0. The van der Waals surface area contributed by atoms with Crippen molar-refractivity contribution < 1.29 is 23.1 Å². The van der Waals surface area contributed by atoms with Crippen LogP contribution in [0.4, 0.5) is 0 Å². The van der Waals surface area contributed by atoms with Gasteiger partial charge in [0.1, 0.15) is 0 Å². The Morgan fingerprint density at radius 1 is 0.519 bits per heavy atom. The van der Waals surface area contributed by atoms with Gasteiger partial charge in [-0.2, -0.15) is 0 Å². The van der Waals surface area contributed by atoms with E-state index in [1.54, 1.807) is 0 Å². The maximum absolute atomic E-state index is 5.79. The summed E-state index contributed by atoms with van der Waals surface area (Å²) in [5.74, 6) is 0. The van der Waals surface area contributed by atoms with E-state index in [1.165, 1.54) is 116 Å². The first kappa shape index (κ1) is 32.9. The third kappa shape index (κ3) is 27.2. The Kier molecular flexibility index (Phi) is 35.8. The van der Waals surface area contributed by atoms with Gasteiger partial charge in [0.15, 0.2) is 0 Å². The summed E-state index contributed by atoms with van der Waals surface area (Å²) >= 11 is -0.315. The largest absolute Gasteiger partial charge is 0.147 e. The fourth-order valence-corrected chi connectivity index (χ4v) is 4.50. The molecular weight excluding hydrogens is 413 g/mol. The van der Waals surface area contributed by atoms with Gasteiger partial charge in [-0.3, -0.25) is 0 Å². The van der Waals surface area contributed by atoms with E-state index in [1.807, 2.05) is 0 Å². The van der Waals surface area contributed by atoms with Crippen LogP contribution in [0, 0.1) is 0 Å². The Morgan fingerprint density at radius 2 is 0.852 bits per heavy atom. The quantitative estimate of drug-likeness (QED) is 0.126. The van der Waals surface area contributed by atoms with Crippen LogP contribution in [0.3, 0.4) is 0 Å². The van der Waals surface area contributed by atoms with Crippen LogP contribution >= 0.6 is 24.8 Å². The summed E-state index contributed by atoms with van der Waals surface area (Å²) in [5, 5.41) is 0. The Balaban J connectivity index is -0.00000288. The van der Waals surface area contributed by atoms with E-state index in [0.717, 1.165) is 6.61 Å². The van der Waals surface area contributed by atoms with E-state index in [0.29, 0.717) is 0 Å². The van der Waals surface area contributed by atoms with Gasteiger partial charge in [0.2, 0.25) is 0 Å². The second-order valence-electron chi connectivity index (χ2n) is 7.46. The van der Waals surface area contributed by atoms with Gasteiger partial charge in [0.25, 0.3) is 0 Å². The van der Waals surface area contributed by atoms with Crippen molar-refractivity contribution in [3.8, 4) is 0 Å². The van der Waals surface area contributed by atoms with Gasteiger partial charge in [-0.15, -0.1) is 24.8 Å². The van der Waals surface area contributed by atoms with Crippen molar-refractivity contribution >= 4 is 24.8 Å². The smallest absolute Gasteiger partial charge is 0.147 e. The van der Waals surface area contributed by atoms with Crippen LogP contribution in [0.25, 0.3) is 0 Å². The van der Waals surface area contributed by atoms with Crippen molar-refractivity contribution in [2.24, 2.45) is 0 Å². The maximum atomic E-state index is 5.79. The van der Waals surface area contributed by atoms with Crippen LogP contribution in [0.5, 0.6) is 0 Å². The fourth-order valence-electron chi connectivity index (χ4n) is 3.23. The molecule has 0 fully saturated rings. The first-order valence-electron chi connectivity index (χ1n) is 11.5.